The van der Waals surface area contributed by atoms with E-state index in [4.69, 9.17) is 9.47 Å². The summed E-state index contributed by atoms with van der Waals surface area (Å²) in [6, 6.07) is 14.9. The lowest BCUT2D eigenvalue weighted by Crippen LogP contribution is -2.41. The number of sulfonamides is 1. The lowest BCUT2D eigenvalue weighted by molar-refractivity contribution is -0.384. The van der Waals surface area contributed by atoms with Gasteiger partial charge in [-0.25, -0.2) is 8.42 Å². The molecule has 1 heterocycles. The Labute approximate surface area is 199 Å². The third-order valence-corrected chi connectivity index (χ3v) is 6.21. The van der Waals surface area contributed by atoms with Crippen molar-refractivity contribution in [2.24, 2.45) is 0 Å². The van der Waals surface area contributed by atoms with Crippen molar-refractivity contribution in [2.45, 2.75) is 4.90 Å². The summed E-state index contributed by atoms with van der Waals surface area (Å²) in [7, 11) is -4.11. The maximum Gasteiger partial charge on any atom is 0.271 e. The highest BCUT2D eigenvalue weighted by Crippen LogP contribution is 2.33. The first kappa shape index (κ1) is 23.5. The molecule has 1 aliphatic rings. The molecule has 0 aromatic heterocycles. The molecule has 3 aromatic carbocycles. The van der Waals surface area contributed by atoms with Crippen LogP contribution >= 0.6 is 0 Å². The van der Waals surface area contributed by atoms with Gasteiger partial charge in [-0.15, -0.1) is 0 Å². The van der Waals surface area contributed by atoms with Gasteiger partial charge >= 0.3 is 0 Å². The Morgan fingerprint density at radius 2 is 1.57 bits per heavy atom. The van der Waals surface area contributed by atoms with Gasteiger partial charge in [0.1, 0.15) is 13.2 Å². The number of anilines is 1. The molecule has 0 radical (unpaired) electrons. The van der Waals surface area contributed by atoms with Crippen LogP contribution in [0.3, 0.4) is 0 Å². The molecular weight excluding hydrogens is 480 g/mol. The normalized spacial score (nSPS) is 12.3. The number of amides is 2. The minimum Gasteiger partial charge on any atom is -0.486 e. The third kappa shape index (κ3) is 5.30. The van der Waals surface area contributed by atoms with Gasteiger partial charge in [-0.1, -0.05) is 18.2 Å². The van der Waals surface area contributed by atoms with Crippen molar-refractivity contribution >= 4 is 33.2 Å². The zero-order valence-corrected chi connectivity index (χ0v) is 18.7. The number of rotatable bonds is 6. The number of carbonyl (C=O) groups excluding carboxylic acids is 2. The van der Waals surface area contributed by atoms with Crippen LogP contribution in [0.25, 0.3) is 0 Å². The number of nitrogens with one attached hydrogen (secondary N) is 3. The predicted molar refractivity (Wildman–Crippen MR) is 123 cm³/mol. The summed E-state index contributed by atoms with van der Waals surface area (Å²) in [6.45, 7) is 0.645. The van der Waals surface area contributed by atoms with Crippen molar-refractivity contribution in [2.75, 3.05) is 17.9 Å². The molecule has 0 fully saturated rings. The van der Waals surface area contributed by atoms with Crippen molar-refractivity contribution in [3.63, 3.8) is 0 Å². The molecule has 2 amide bonds. The number of fused-ring (bicyclic) bond motifs is 1. The lowest BCUT2D eigenvalue weighted by Gasteiger charge is -2.19. The van der Waals surface area contributed by atoms with Crippen LogP contribution in [-0.4, -0.2) is 38.4 Å². The summed E-state index contributed by atoms with van der Waals surface area (Å²) in [6.07, 6.45) is 0. The molecule has 1 aliphatic heterocycles. The van der Waals surface area contributed by atoms with Gasteiger partial charge in [-0.3, -0.25) is 35.3 Å². The second-order valence-corrected chi connectivity index (χ2v) is 8.85. The van der Waals surface area contributed by atoms with Gasteiger partial charge in [-0.2, -0.15) is 0 Å². The minimum absolute atomic E-state index is 0.0375. The number of non-ortho nitro benzene ring substituents is 1. The van der Waals surface area contributed by atoms with Gasteiger partial charge in [0.25, 0.3) is 27.5 Å². The number of hydrogen-bond acceptors (Lipinski definition) is 8. The van der Waals surface area contributed by atoms with Crippen LogP contribution in [0.15, 0.2) is 71.6 Å². The Kier molecular flexibility index (Phi) is 6.51. The fourth-order valence-corrected chi connectivity index (χ4v) is 4.27. The van der Waals surface area contributed by atoms with Crippen LogP contribution in [0, 0.1) is 10.1 Å². The molecule has 3 N–H and O–H groups in total. The highest BCUT2D eigenvalue weighted by Gasteiger charge is 2.22. The van der Waals surface area contributed by atoms with E-state index < -0.39 is 26.8 Å². The van der Waals surface area contributed by atoms with E-state index in [0.29, 0.717) is 12.4 Å². The van der Waals surface area contributed by atoms with Crippen LogP contribution in [0.5, 0.6) is 11.5 Å². The summed E-state index contributed by atoms with van der Waals surface area (Å²) in [5, 5.41) is 10.9. The van der Waals surface area contributed by atoms with E-state index >= 15 is 0 Å². The van der Waals surface area contributed by atoms with Gasteiger partial charge in [0, 0.05) is 23.8 Å². The maximum absolute atomic E-state index is 12.9. The molecule has 35 heavy (non-hydrogen) atoms. The van der Waals surface area contributed by atoms with Gasteiger partial charge in [-0.05, 0) is 30.3 Å². The number of benzene rings is 3. The van der Waals surface area contributed by atoms with E-state index in [1.807, 2.05) is 0 Å². The maximum atomic E-state index is 12.9. The zero-order valence-electron chi connectivity index (χ0n) is 17.9. The molecule has 4 rings (SSSR count). The van der Waals surface area contributed by atoms with Crippen molar-refractivity contribution in [1.29, 1.82) is 0 Å². The van der Waals surface area contributed by atoms with E-state index in [1.165, 1.54) is 60.7 Å². The van der Waals surface area contributed by atoms with E-state index in [1.54, 1.807) is 0 Å². The largest absolute Gasteiger partial charge is 0.486 e. The zero-order chi connectivity index (χ0) is 25.0. The SMILES string of the molecule is O=C(NNC(=O)c1ccccc1NS(=O)(=O)c1ccc2c(c1)OCCO2)c1cccc([N+](=O)[O-])c1. The number of nitrogens with zero attached hydrogens (tertiary/aromatic N) is 1. The molecule has 0 bridgehead atoms. The fourth-order valence-electron chi connectivity index (χ4n) is 3.18. The Morgan fingerprint density at radius 3 is 2.34 bits per heavy atom. The standard InChI is InChI=1S/C22H18N4O8S/c27-21(14-4-3-5-15(12-14)26(29)30)23-24-22(28)17-6-1-2-7-18(17)25-35(31,32)16-8-9-19-20(13-16)34-11-10-33-19/h1-9,12-13,25H,10-11H2,(H,23,27)(H,24,28). The summed E-state index contributed by atoms with van der Waals surface area (Å²) in [5.41, 5.74) is 3.87. The van der Waals surface area contributed by atoms with Crippen LogP contribution in [0.4, 0.5) is 11.4 Å². The molecular formula is C22H18N4O8S. The van der Waals surface area contributed by atoms with Crippen LogP contribution in [-0.2, 0) is 10.0 Å². The van der Waals surface area contributed by atoms with Gasteiger partial charge in [0.05, 0.1) is 21.1 Å². The summed E-state index contributed by atoms with van der Waals surface area (Å²) < 4.78 is 39.0. The van der Waals surface area contributed by atoms with Crippen LogP contribution < -0.4 is 25.0 Å². The second-order valence-electron chi connectivity index (χ2n) is 7.17. The Morgan fingerprint density at radius 1 is 0.857 bits per heavy atom. The highest BCUT2D eigenvalue weighted by molar-refractivity contribution is 7.92. The predicted octanol–water partition coefficient (Wildman–Crippen LogP) is 2.24. The molecule has 0 saturated heterocycles. The second kappa shape index (κ2) is 9.69. The van der Waals surface area contributed by atoms with E-state index in [2.05, 4.69) is 15.6 Å². The summed E-state index contributed by atoms with van der Waals surface area (Å²) in [5.74, 6) is -0.899. The first-order valence-corrected chi connectivity index (χ1v) is 11.6. The first-order chi connectivity index (χ1) is 16.7. The summed E-state index contributed by atoms with van der Waals surface area (Å²) in [4.78, 5) is 35.1. The monoisotopic (exact) mass is 498 g/mol. The van der Waals surface area contributed by atoms with E-state index in [-0.39, 0.29) is 39.8 Å². The number of hydrogen-bond donors (Lipinski definition) is 3. The molecule has 13 heteroatoms. The number of hydrazine groups is 1. The number of nitro benzene ring substituents is 1. The van der Waals surface area contributed by atoms with Crippen molar-refractivity contribution in [1.82, 2.24) is 10.9 Å². The number of nitro groups is 1. The Bertz CT molecular complexity index is 1420. The van der Waals surface area contributed by atoms with Gasteiger partial charge in [0.15, 0.2) is 11.5 Å². The molecule has 0 saturated carbocycles. The highest BCUT2D eigenvalue weighted by atomic mass is 32.2. The number of para-hydroxylation sites is 1. The third-order valence-electron chi connectivity index (χ3n) is 4.85. The lowest BCUT2D eigenvalue weighted by atomic mass is 10.2. The molecule has 3 aromatic rings. The van der Waals surface area contributed by atoms with Gasteiger partial charge < -0.3 is 9.47 Å². The van der Waals surface area contributed by atoms with Gasteiger partial charge in [0.2, 0.25) is 0 Å². The average Bonchev–Trinajstić information content (AvgIpc) is 2.87. The molecule has 0 aliphatic carbocycles. The molecule has 12 nitrogen and oxygen atoms in total. The first-order valence-electron chi connectivity index (χ1n) is 10.1. The quantitative estimate of drug-likeness (QED) is 0.344. The van der Waals surface area contributed by atoms with Crippen molar-refractivity contribution in [3.05, 3.63) is 88.0 Å². The van der Waals surface area contributed by atoms with Crippen LogP contribution in [0.2, 0.25) is 0 Å². The van der Waals surface area contributed by atoms with E-state index in [9.17, 15) is 28.1 Å². The number of ether oxygens (including phenoxy) is 2. The molecule has 180 valence electrons. The van der Waals surface area contributed by atoms with Crippen molar-refractivity contribution < 1.29 is 32.4 Å². The Balaban J connectivity index is 1.49. The smallest absolute Gasteiger partial charge is 0.271 e. The number of carbonyl (C=O) groups is 2. The summed E-state index contributed by atoms with van der Waals surface area (Å²) >= 11 is 0. The Hall–Kier alpha value is -4.65. The van der Waals surface area contributed by atoms with Crippen molar-refractivity contribution in [3.8, 4) is 11.5 Å². The van der Waals surface area contributed by atoms with E-state index in [0.717, 1.165) is 6.07 Å². The molecule has 0 unspecified atom stereocenters. The minimum atomic E-state index is -4.11. The van der Waals surface area contributed by atoms with Crippen LogP contribution in [0.1, 0.15) is 20.7 Å². The fraction of sp³-hybridized carbons (Fsp3) is 0.0909. The topological polar surface area (TPSA) is 166 Å². The molecule has 0 atom stereocenters. The average molecular weight is 498 g/mol. The molecule has 0 spiro atoms.